The highest BCUT2D eigenvalue weighted by molar-refractivity contribution is 9.10. The van der Waals surface area contributed by atoms with Crippen molar-refractivity contribution in [2.75, 3.05) is 25.1 Å². The first-order valence-corrected chi connectivity index (χ1v) is 6.79. The van der Waals surface area contributed by atoms with Crippen LogP contribution in [-0.4, -0.2) is 31.7 Å². The Labute approximate surface area is 120 Å². The molecule has 1 aromatic carbocycles. The molecule has 6 heteroatoms. The van der Waals surface area contributed by atoms with Gasteiger partial charge in [-0.15, -0.1) is 0 Å². The van der Waals surface area contributed by atoms with E-state index >= 15 is 0 Å². The van der Waals surface area contributed by atoms with Gasteiger partial charge in [0.05, 0.1) is 24.5 Å². The van der Waals surface area contributed by atoms with Crippen LogP contribution >= 0.6 is 15.9 Å². The number of carbonyl (C=O) groups is 1. The second-order valence-corrected chi connectivity index (χ2v) is 5.20. The zero-order valence-electron chi connectivity index (χ0n) is 10.3. The summed E-state index contributed by atoms with van der Waals surface area (Å²) < 4.78 is 6.10. The molecule has 100 valence electrons. The summed E-state index contributed by atoms with van der Waals surface area (Å²) in [6, 6.07) is 7.28. The molecule has 1 fully saturated rings. The summed E-state index contributed by atoms with van der Waals surface area (Å²) in [4.78, 5) is 11.9. The Morgan fingerprint density at radius 1 is 1.63 bits per heavy atom. The van der Waals surface area contributed by atoms with Crippen molar-refractivity contribution in [1.82, 2.24) is 5.32 Å². The predicted molar refractivity (Wildman–Crippen MR) is 74.7 cm³/mol. The lowest BCUT2D eigenvalue weighted by Crippen LogP contribution is -2.43. The Morgan fingerprint density at radius 2 is 2.47 bits per heavy atom. The molecule has 5 nitrogen and oxygen atoms in total. The molecule has 1 aromatic rings. The monoisotopic (exact) mass is 323 g/mol. The molecule has 0 aromatic heterocycles. The fraction of sp³-hybridized carbons (Fsp3) is 0.385. The first kappa shape index (κ1) is 14.0. The molecule has 1 aliphatic heterocycles. The van der Waals surface area contributed by atoms with E-state index in [-0.39, 0.29) is 11.9 Å². The maximum atomic E-state index is 11.9. The number of nitrogens with one attached hydrogen (secondary N) is 2. The van der Waals surface area contributed by atoms with Crippen LogP contribution in [0, 0.1) is 11.3 Å². The van der Waals surface area contributed by atoms with Crippen molar-refractivity contribution >= 4 is 27.5 Å². The zero-order chi connectivity index (χ0) is 13.7. The van der Waals surface area contributed by atoms with Crippen LogP contribution in [0.2, 0.25) is 0 Å². The fourth-order valence-electron chi connectivity index (χ4n) is 1.89. The Kier molecular flexibility index (Phi) is 4.91. The number of morpholine rings is 1. The van der Waals surface area contributed by atoms with Gasteiger partial charge < -0.3 is 15.4 Å². The molecule has 0 aliphatic carbocycles. The zero-order valence-corrected chi connectivity index (χ0v) is 11.9. The summed E-state index contributed by atoms with van der Waals surface area (Å²) in [5.41, 5.74) is 0.975. The molecule has 0 saturated carbocycles. The van der Waals surface area contributed by atoms with Gasteiger partial charge in [0.15, 0.2) is 0 Å². The van der Waals surface area contributed by atoms with E-state index in [4.69, 9.17) is 10.00 Å². The minimum Gasteiger partial charge on any atom is -0.378 e. The van der Waals surface area contributed by atoms with E-state index in [1.54, 1.807) is 18.2 Å². The maximum absolute atomic E-state index is 11.9. The number of benzene rings is 1. The van der Waals surface area contributed by atoms with Crippen LogP contribution in [0.25, 0.3) is 0 Å². The summed E-state index contributed by atoms with van der Waals surface area (Å²) >= 11 is 3.29. The van der Waals surface area contributed by atoms with Crippen LogP contribution in [0.5, 0.6) is 0 Å². The van der Waals surface area contributed by atoms with E-state index in [0.717, 1.165) is 11.0 Å². The van der Waals surface area contributed by atoms with Gasteiger partial charge >= 0.3 is 0 Å². The van der Waals surface area contributed by atoms with Gasteiger partial charge in [0.1, 0.15) is 6.07 Å². The summed E-state index contributed by atoms with van der Waals surface area (Å²) in [7, 11) is 0. The number of amides is 1. The van der Waals surface area contributed by atoms with E-state index in [2.05, 4.69) is 32.6 Å². The van der Waals surface area contributed by atoms with E-state index in [0.29, 0.717) is 30.9 Å². The Bertz CT molecular complexity index is 507. The van der Waals surface area contributed by atoms with Gasteiger partial charge in [-0.05, 0) is 18.2 Å². The second kappa shape index (κ2) is 6.66. The number of carbonyl (C=O) groups excluding carboxylic acids is 1. The molecule has 0 spiro atoms. The third-order valence-electron chi connectivity index (χ3n) is 2.81. The molecule has 0 bridgehead atoms. The van der Waals surface area contributed by atoms with Gasteiger partial charge in [-0.2, -0.15) is 5.26 Å². The Balaban J connectivity index is 1.97. The number of hydrogen-bond acceptors (Lipinski definition) is 4. The maximum Gasteiger partial charge on any atom is 0.226 e. The van der Waals surface area contributed by atoms with Crippen molar-refractivity contribution in [2.45, 2.75) is 12.5 Å². The van der Waals surface area contributed by atoms with E-state index in [1.165, 1.54) is 0 Å². The lowest BCUT2D eigenvalue weighted by Gasteiger charge is -2.23. The van der Waals surface area contributed by atoms with Gasteiger partial charge in [-0.1, -0.05) is 15.9 Å². The van der Waals surface area contributed by atoms with Crippen LogP contribution in [0.3, 0.4) is 0 Å². The summed E-state index contributed by atoms with van der Waals surface area (Å²) in [6.07, 6.45) is 0.334. The van der Waals surface area contributed by atoms with Gasteiger partial charge in [0, 0.05) is 23.5 Å². The van der Waals surface area contributed by atoms with Gasteiger partial charge in [-0.25, -0.2) is 0 Å². The standard InChI is InChI=1S/C13H14BrN3O2/c14-10-1-2-12(9(5-10)7-15)17-13(18)6-11-8-19-4-3-16-11/h1-2,5,11,16H,3-4,6,8H2,(H,17,18). The average molecular weight is 324 g/mol. The van der Waals surface area contributed by atoms with Crippen molar-refractivity contribution in [1.29, 1.82) is 5.26 Å². The van der Waals surface area contributed by atoms with Gasteiger partial charge in [-0.3, -0.25) is 4.79 Å². The number of halogens is 1. The SMILES string of the molecule is N#Cc1cc(Br)ccc1NC(=O)CC1COCCN1. The lowest BCUT2D eigenvalue weighted by molar-refractivity contribution is -0.117. The topological polar surface area (TPSA) is 74.2 Å². The van der Waals surface area contributed by atoms with Crippen molar-refractivity contribution in [2.24, 2.45) is 0 Å². The van der Waals surface area contributed by atoms with Crippen LogP contribution in [-0.2, 0) is 9.53 Å². The van der Waals surface area contributed by atoms with E-state index in [9.17, 15) is 4.79 Å². The first-order valence-electron chi connectivity index (χ1n) is 5.99. The minimum atomic E-state index is -0.123. The van der Waals surface area contributed by atoms with E-state index in [1.807, 2.05) is 0 Å². The molecule has 1 atom stereocenters. The summed E-state index contributed by atoms with van der Waals surface area (Å²) in [5, 5.41) is 15.0. The molecule has 1 heterocycles. The van der Waals surface area contributed by atoms with E-state index < -0.39 is 0 Å². The highest BCUT2D eigenvalue weighted by Gasteiger charge is 2.17. The van der Waals surface area contributed by atoms with Crippen molar-refractivity contribution in [3.05, 3.63) is 28.2 Å². The van der Waals surface area contributed by atoms with Crippen molar-refractivity contribution < 1.29 is 9.53 Å². The predicted octanol–water partition coefficient (Wildman–Crippen LogP) is 1.64. The second-order valence-electron chi connectivity index (χ2n) is 4.28. The number of rotatable bonds is 3. The highest BCUT2D eigenvalue weighted by atomic mass is 79.9. The lowest BCUT2D eigenvalue weighted by atomic mass is 10.1. The van der Waals surface area contributed by atoms with Gasteiger partial charge in [0.25, 0.3) is 0 Å². The van der Waals surface area contributed by atoms with Crippen LogP contribution in [0.1, 0.15) is 12.0 Å². The van der Waals surface area contributed by atoms with Crippen LogP contribution in [0.4, 0.5) is 5.69 Å². The molecule has 1 aliphatic rings. The number of nitriles is 1. The summed E-state index contributed by atoms with van der Waals surface area (Å²) in [6.45, 7) is 1.99. The number of hydrogen-bond donors (Lipinski definition) is 2. The third kappa shape index (κ3) is 4.03. The van der Waals surface area contributed by atoms with Crippen LogP contribution < -0.4 is 10.6 Å². The number of nitrogens with zero attached hydrogens (tertiary/aromatic N) is 1. The number of anilines is 1. The largest absolute Gasteiger partial charge is 0.378 e. The normalized spacial score (nSPS) is 18.6. The molecule has 1 amide bonds. The average Bonchev–Trinajstić information content (AvgIpc) is 2.42. The fourth-order valence-corrected chi connectivity index (χ4v) is 2.25. The Hall–Kier alpha value is -1.42. The minimum absolute atomic E-state index is 0.0368. The van der Waals surface area contributed by atoms with Crippen molar-refractivity contribution in [3.63, 3.8) is 0 Å². The quantitative estimate of drug-likeness (QED) is 0.886. The number of ether oxygens (including phenoxy) is 1. The first-order chi connectivity index (χ1) is 9.19. The third-order valence-corrected chi connectivity index (χ3v) is 3.30. The molecular formula is C13H14BrN3O2. The molecule has 19 heavy (non-hydrogen) atoms. The van der Waals surface area contributed by atoms with Crippen molar-refractivity contribution in [3.8, 4) is 6.07 Å². The smallest absolute Gasteiger partial charge is 0.226 e. The van der Waals surface area contributed by atoms with Crippen LogP contribution in [0.15, 0.2) is 22.7 Å². The highest BCUT2D eigenvalue weighted by Crippen LogP contribution is 2.20. The summed E-state index contributed by atoms with van der Waals surface area (Å²) in [5.74, 6) is -0.123. The molecule has 1 saturated heterocycles. The molecule has 2 rings (SSSR count). The Morgan fingerprint density at radius 3 is 3.16 bits per heavy atom. The molecule has 2 N–H and O–H groups in total. The van der Waals surface area contributed by atoms with Gasteiger partial charge in [0.2, 0.25) is 5.91 Å². The molecule has 1 unspecified atom stereocenters. The molecular weight excluding hydrogens is 310 g/mol. The molecule has 0 radical (unpaired) electrons.